The summed E-state index contributed by atoms with van der Waals surface area (Å²) in [5, 5.41) is 2.08. The molecule has 3 heterocycles. The van der Waals surface area contributed by atoms with Crippen LogP contribution in [0.15, 0.2) is 29.9 Å². The van der Waals surface area contributed by atoms with E-state index in [2.05, 4.69) is 32.0 Å². The van der Waals surface area contributed by atoms with Crippen LogP contribution < -0.4 is 0 Å². The molecule has 0 radical (unpaired) electrons. The molecule has 1 fully saturated rings. The van der Waals surface area contributed by atoms with Crippen LogP contribution in [-0.2, 0) is 17.8 Å². The molecule has 1 atom stereocenters. The Morgan fingerprint density at radius 1 is 1.43 bits per heavy atom. The zero-order valence-electron chi connectivity index (χ0n) is 13.8. The van der Waals surface area contributed by atoms with E-state index >= 15 is 0 Å². The number of aromatic nitrogens is 2. The molecule has 0 N–H and O–H groups in total. The van der Waals surface area contributed by atoms with Gasteiger partial charge in [-0.2, -0.15) is 0 Å². The second-order valence-corrected chi connectivity index (χ2v) is 7.30. The molecule has 2 aromatic rings. The van der Waals surface area contributed by atoms with Crippen molar-refractivity contribution in [2.24, 2.45) is 0 Å². The van der Waals surface area contributed by atoms with Crippen LogP contribution in [0, 0.1) is 6.92 Å². The number of hydrogen-bond acceptors (Lipinski definition) is 3. The number of imidazole rings is 1. The standard InChI is InChI=1S/C18H25N3OS/c1-15-19-10-13-20(15)12-9-16-5-2-3-11-21(16)18(22)8-7-17-6-4-14-23-17/h4,6,10,13-14,16H,2-3,5,7-9,11-12H2,1H3. The molecule has 0 aromatic carbocycles. The molecule has 0 bridgehead atoms. The summed E-state index contributed by atoms with van der Waals surface area (Å²) < 4.78 is 2.18. The van der Waals surface area contributed by atoms with Crippen molar-refractivity contribution in [1.82, 2.24) is 14.5 Å². The summed E-state index contributed by atoms with van der Waals surface area (Å²) in [5.74, 6) is 1.38. The first-order chi connectivity index (χ1) is 11.2. The molecule has 23 heavy (non-hydrogen) atoms. The number of amides is 1. The lowest BCUT2D eigenvalue weighted by atomic mass is 9.98. The summed E-state index contributed by atoms with van der Waals surface area (Å²) in [4.78, 5) is 20.4. The van der Waals surface area contributed by atoms with Crippen molar-refractivity contribution in [1.29, 1.82) is 0 Å². The number of thiophene rings is 1. The van der Waals surface area contributed by atoms with Gasteiger partial charge < -0.3 is 9.47 Å². The van der Waals surface area contributed by atoms with E-state index in [1.54, 1.807) is 11.3 Å². The third-order valence-corrected chi connectivity index (χ3v) is 5.68. The summed E-state index contributed by atoms with van der Waals surface area (Å²) in [6, 6.07) is 4.57. The van der Waals surface area contributed by atoms with Gasteiger partial charge in [0.2, 0.25) is 5.91 Å². The number of piperidine rings is 1. The van der Waals surface area contributed by atoms with Gasteiger partial charge in [-0.05, 0) is 50.5 Å². The molecule has 4 nitrogen and oxygen atoms in total. The fourth-order valence-electron chi connectivity index (χ4n) is 3.39. The maximum Gasteiger partial charge on any atom is 0.223 e. The first kappa shape index (κ1) is 16.2. The van der Waals surface area contributed by atoms with Crippen molar-refractivity contribution in [3.05, 3.63) is 40.6 Å². The Hall–Kier alpha value is -1.62. The number of carbonyl (C=O) groups excluding carboxylic acids is 1. The third kappa shape index (κ3) is 4.22. The fourth-order valence-corrected chi connectivity index (χ4v) is 4.09. The van der Waals surface area contributed by atoms with Crippen molar-refractivity contribution in [3.63, 3.8) is 0 Å². The van der Waals surface area contributed by atoms with E-state index in [0.717, 1.165) is 44.6 Å². The van der Waals surface area contributed by atoms with E-state index in [0.29, 0.717) is 18.4 Å². The highest BCUT2D eigenvalue weighted by Crippen LogP contribution is 2.22. The first-order valence-corrected chi connectivity index (χ1v) is 9.41. The largest absolute Gasteiger partial charge is 0.340 e. The van der Waals surface area contributed by atoms with Crippen molar-refractivity contribution in [2.75, 3.05) is 6.54 Å². The highest BCUT2D eigenvalue weighted by Gasteiger charge is 2.26. The summed E-state index contributed by atoms with van der Waals surface area (Å²) in [7, 11) is 0. The number of carbonyl (C=O) groups is 1. The van der Waals surface area contributed by atoms with Crippen LogP contribution >= 0.6 is 11.3 Å². The fraction of sp³-hybridized carbons (Fsp3) is 0.556. The summed E-state index contributed by atoms with van der Waals surface area (Å²) >= 11 is 1.74. The van der Waals surface area contributed by atoms with E-state index in [1.165, 1.54) is 11.3 Å². The van der Waals surface area contributed by atoms with Gasteiger partial charge in [-0.3, -0.25) is 4.79 Å². The highest BCUT2D eigenvalue weighted by atomic mass is 32.1. The Morgan fingerprint density at radius 3 is 3.09 bits per heavy atom. The van der Waals surface area contributed by atoms with Crippen LogP contribution in [-0.4, -0.2) is 32.9 Å². The van der Waals surface area contributed by atoms with Gasteiger partial charge in [0.1, 0.15) is 5.82 Å². The summed E-state index contributed by atoms with van der Waals surface area (Å²) in [6.07, 6.45) is 9.94. The molecule has 3 rings (SSSR count). The quantitative estimate of drug-likeness (QED) is 0.810. The van der Waals surface area contributed by atoms with Crippen molar-refractivity contribution >= 4 is 17.2 Å². The van der Waals surface area contributed by atoms with Crippen LogP contribution in [0.5, 0.6) is 0 Å². The Bertz CT molecular complexity index is 620. The third-order valence-electron chi connectivity index (χ3n) is 4.74. The van der Waals surface area contributed by atoms with Gasteiger partial charge in [-0.15, -0.1) is 11.3 Å². The van der Waals surface area contributed by atoms with E-state index in [-0.39, 0.29) is 0 Å². The Morgan fingerprint density at radius 2 is 2.35 bits per heavy atom. The van der Waals surface area contributed by atoms with Crippen molar-refractivity contribution in [3.8, 4) is 0 Å². The minimum atomic E-state index is 0.324. The lowest BCUT2D eigenvalue weighted by molar-refractivity contribution is -0.135. The highest BCUT2D eigenvalue weighted by molar-refractivity contribution is 7.09. The average molecular weight is 331 g/mol. The number of hydrogen-bond donors (Lipinski definition) is 0. The van der Waals surface area contributed by atoms with Crippen LogP contribution in [0.1, 0.15) is 42.8 Å². The van der Waals surface area contributed by atoms with Gasteiger partial charge in [-0.25, -0.2) is 4.98 Å². The Labute approximate surface area is 142 Å². The lowest BCUT2D eigenvalue weighted by Gasteiger charge is -2.36. The number of likely N-dealkylation sites (tertiary alicyclic amines) is 1. The van der Waals surface area contributed by atoms with Crippen LogP contribution in [0.3, 0.4) is 0 Å². The van der Waals surface area contributed by atoms with Gasteiger partial charge in [-0.1, -0.05) is 6.07 Å². The van der Waals surface area contributed by atoms with Crippen LogP contribution in [0.2, 0.25) is 0 Å². The molecule has 1 aliphatic heterocycles. The molecule has 1 aliphatic rings. The van der Waals surface area contributed by atoms with E-state index < -0.39 is 0 Å². The second kappa shape index (κ2) is 7.77. The van der Waals surface area contributed by atoms with Gasteiger partial charge in [0.15, 0.2) is 0 Å². The molecule has 124 valence electrons. The maximum absolute atomic E-state index is 12.6. The molecule has 5 heteroatoms. The molecule has 0 spiro atoms. The molecule has 1 saturated heterocycles. The zero-order chi connectivity index (χ0) is 16.1. The van der Waals surface area contributed by atoms with Crippen molar-refractivity contribution < 1.29 is 4.79 Å². The van der Waals surface area contributed by atoms with E-state index in [9.17, 15) is 4.79 Å². The summed E-state index contributed by atoms with van der Waals surface area (Å²) in [5.41, 5.74) is 0. The van der Waals surface area contributed by atoms with Crippen LogP contribution in [0.4, 0.5) is 0 Å². The molecule has 0 saturated carbocycles. The smallest absolute Gasteiger partial charge is 0.223 e. The number of rotatable bonds is 6. The van der Waals surface area contributed by atoms with E-state index in [1.807, 2.05) is 19.3 Å². The second-order valence-electron chi connectivity index (χ2n) is 6.27. The summed E-state index contributed by atoms with van der Waals surface area (Å²) in [6.45, 7) is 3.91. The molecule has 1 amide bonds. The normalized spacial score (nSPS) is 18.3. The lowest BCUT2D eigenvalue weighted by Crippen LogP contribution is -2.44. The zero-order valence-corrected chi connectivity index (χ0v) is 14.6. The van der Waals surface area contributed by atoms with Gasteiger partial charge in [0, 0.05) is 42.8 Å². The van der Waals surface area contributed by atoms with Gasteiger partial charge in [0.25, 0.3) is 0 Å². The minimum Gasteiger partial charge on any atom is -0.340 e. The SMILES string of the molecule is Cc1nccn1CCC1CCCCN1C(=O)CCc1cccs1. The number of nitrogens with zero attached hydrogens (tertiary/aromatic N) is 3. The monoisotopic (exact) mass is 331 g/mol. The number of aryl methyl sites for hydroxylation is 3. The Balaban J connectivity index is 1.54. The first-order valence-electron chi connectivity index (χ1n) is 8.53. The van der Waals surface area contributed by atoms with Gasteiger partial charge >= 0.3 is 0 Å². The van der Waals surface area contributed by atoms with Crippen molar-refractivity contribution in [2.45, 2.75) is 58.0 Å². The van der Waals surface area contributed by atoms with Crippen LogP contribution in [0.25, 0.3) is 0 Å². The van der Waals surface area contributed by atoms with E-state index in [4.69, 9.17) is 0 Å². The molecular weight excluding hydrogens is 306 g/mol. The topological polar surface area (TPSA) is 38.1 Å². The Kier molecular flexibility index (Phi) is 5.49. The molecular formula is C18H25N3OS. The average Bonchev–Trinajstić information content (AvgIpc) is 3.22. The predicted molar refractivity (Wildman–Crippen MR) is 93.6 cm³/mol. The predicted octanol–water partition coefficient (Wildman–Crippen LogP) is 3.66. The molecule has 0 aliphatic carbocycles. The minimum absolute atomic E-state index is 0.324. The van der Waals surface area contributed by atoms with Gasteiger partial charge in [0.05, 0.1) is 0 Å². The maximum atomic E-state index is 12.6. The molecule has 1 unspecified atom stereocenters. The molecule has 2 aromatic heterocycles.